The maximum Gasteiger partial charge on any atom is 0.118 e. The van der Waals surface area contributed by atoms with Crippen molar-refractivity contribution in [1.29, 1.82) is 0 Å². The van der Waals surface area contributed by atoms with E-state index in [0.29, 0.717) is 11.5 Å². The first kappa shape index (κ1) is 16.0. The van der Waals surface area contributed by atoms with Gasteiger partial charge in [0.1, 0.15) is 11.5 Å². The molecule has 1 aromatic heterocycles. The van der Waals surface area contributed by atoms with Crippen molar-refractivity contribution in [2.45, 2.75) is 38.3 Å². The highest BCUT2D eigenvalue weighted by molar-refractivity contribution is 7.83. The molecule has 1 aromatic carbocycles. The molecule has 0 aliphatic carbocycles. The van der Waals surface area contributed by atoms with Crippen molar-refractivity contribution in [2.24, 2.45) is 0 Å². The molecule has 0 aliphatic heterocycles. The van der Waals surface area contributed by atoms with E-state index in [2.05, 4.69) is 25.2 Å². The van der Waals surface area contributed by atoms with Crippen LogP contribution in [0.2, 0.25) is 0 Å². The van der Waals surface area contributed by atoms with Crippen molar-refractivity contribution in [3.05, 3.63) is 59.0 Å². The Kier molecular flexibility index (Phi) is 6.21. The molecule has 3 nitrogen and oxygen atoms in total. The average molecular weight is 305 g/mol. The van der Waals surface area contributed by atoms with Crippen LogP contribution >= 0.6 is 0 Å². The second-order valence-electron chi connectivity index (χ2n) is 5.20. The van der Waals surface area contributed by atoms with Gasteiger partial charge in [0.2, 0.25) is 0 Å². The van der Waals surface area contributed by atoms with E-state index >= 15 is 0 Å². The average Bonchev–Trinajstić information content (AvgIpc) is 2.89. The molecule has 1 N–H and O–H groups in total. The quantitative estimate of drug-likeness (QED) is 0.759. The fourth-order valence-electron chi connectivity index (χ4n) is 2.14. The number of benzene rings is 1. The van der Waals surface area contributed by atoms with Crippen molar-refractivity contribution >= 4 is 10.8 Å². The predicted octanol–water partition coefficient (Wildman–Crippen LogP) is 3.54. The van der Waals surface area contributed by atoms with E-state index in [1.165, 1.54) is 5.56 Å². The van der Waals surface area contributed by atoms with Gasteiger partial charge in [-0.25, -0.2) is 0 Å². The van der Waals surface area contributed by atoms with E-state index in [4.69, 9.17) is 4.42 Å². The van der Waals surface area contributed by atoms with Crippen LogP contribution < -0.4 is 5.32 Å². The molecule has 0 spiro atoms. The zero-order chi connectivity index (χ0) is 15.1. The Hall–Kier alpha value is -1.39. The second kappa shape index (κ2) is 8.15. The lowest BCUT2D eigenvalue weighted by Crippen LogP contribution is -2.13. The van der Waals surface area contributed by atoms with Gasteiger partial charge in [-0.05, 0) is 43.1 Å². The predicted molar refractivity (Wildman–Crippen MR) is 87.4 cm³/mol. The monoisotopic (exact) mass is 305 g/mol. The lowest BCUT2D eigenvalue weighted by atomic mass is 10.1. The Labute approximate surface area is 129 Å². The SMILES string of the molecule is CCCNCc1ccc(CS(=O)Cc2ccccc2C)o1. The minimum atomic E-state index is -0.940. The summed E-state index contributed by atoms with van der Waals surface area (Å²) >= 11 is 0. The molecule has 1 unspecified atom stereocenters. The number of hydrogen-bond acceptors (Lipinski definition) is 3. The Balaban J connectivity index is 1.87. The summed E-state index contributed by atoms with van der Waals surface area (Å²) in [6, 6.07) is 12.0. The van der Waals surface area contributed by atoms with Crippen LogP contribution in [0.15, 0.2) is 40.8 Å². The molecule has 21 heavy (non-hydrogen) atoms. The van der Waals surface area contributed by atoms with Crippen molar-refractivity contribution in [2.75, 3.05) is 6.54 Å². The maximum absolute atomic E-state index is 12.2. The molecule has 0 saturated carbocycles. The summed E-state index contributed by atoms with van der Waals surface area (Å²) in [6.07, 6.45) is 1.11. The van der Waals surface area contributed by atoms with Crippen LogP contribution in [0.1, 0.15) is 36.0 Å². The lowest BCUT2D eigenvalue weighted by molar-refractivity contribution is 0.458. The van der Waals surface area contributed by atoms with Gasteiger partial charge in [-0.1, -0.05) is 31.2 Å². The molecule has 1 heterocycles. The van der Waals surface area contributed by atoms with Crippen LogP contribution in [-0.4, -0.2) is 10.8 Å². The van der Waals surface area contributed by atoms with Crippen LogP contribution in [0.3, 0.4) is 0 Å². The second-order valence-corrected chi connectivity index (χ2v) is 6.66. The zero-order valence-corrected chi connectivity index (χ0v) is 13.5. The van der Waals surface area contributed by atoms with Crippen LogP contribution in [0.4, 0.5) is 0 Å². The number of aryl methyl sites for hydroxylation is 1. The van der Waals surface area contributed by atoms with Gasteiger partial charge in [0.05, 0.1) is 12.3 Å². The van der Waals surface area contributed by atoms with Gasteiger partial charge in [-0.3, -0.25) is 4.21 Å². The number of hydrogen-bond donors (Lipinski definition) is 1. The molecule has 2 rings (SSSR count). The third kappa shape index (κ3) is 5.14. The third-order valence-electron chi connectivity index (χ3n) is 3.32. The van der Waals surface area contributed by atoms with Crippen LogP contribution in [0.5, 0.6) is 0 Å². The first-order valence-electron chi connectivity index (χ1n) is 7.37. The van der Waals surface area contributed by atoms with Crippen molar-refractivity contribution in [3.63, 3.8) is 0 Å². The molecule has 0 radical (unpaired) electrons. The normalized spacial score (nSPS) is 12.5. The van der Waals surface area contributed by atoms with E-state index in [1.807, 2.05) is 30.3 Å². The third-order valence-corrected chi connectivity index (χ3v) is 4.56. The number of rotatable bonds is 8. The highest BCUT2D eigenvalue weighted by Gasteiger charge is 2.09. The standard InChI is InChI=1S/C17H23NO2S/c1-3-10-18-11-16-8-9-17(20-16)13-21(19)12-15-7-5-4-6-14(15)2/h4-9,18H,3,10-13H2,1-2H3. The molecule has 0 saturated heterocycles. The van der Waals surface area contributed by atoms with Gasteiger partial charge in [0.25, 0.3) is 0 Å². The van der Waals surface area contributed by atoms with Gasteiger partial charge in [0, 0.05) is 16.6 Å². The van der Waals surface area contributed by atoms with Crippen LogP contribution in [0.25, 0.3) is 0 Å². The lowest BCUT2D eigenvalue weighted by Gasteiger charge is -2.04. The summed E-state index contributed by atoms with van der Waals surface area (Å²) in [5, 5.41) is 3.30. The Bertz CT molecular complexity index is 592. The molecular formula is C17H23NO2S. The van der Waals surface area contributed by atoms with Gasteiger partial charge in [-0.15, -0.1) is 0 Å². The van der Waals surface area contributed by atoms with Crippen molar-refractivity contribution in [3.8, 4) is 0 Å². The zero-order valence-electron chi connectivity index (χ0n) is 12.7. The molecule has 1 atom stereocenters. The molecule has 0 fully saturated rings. The van der Waals surface area contributed by atoms with E-state index in [1.54, 1.807) is 0 Å². The summed E-state index contributed by atoms with van der Waals surface area (Å²) in [5.41, 5.74) is 2.34. The fraction of sp³-hybridized carbons (Fsp3) is 0.412. The molecule has 0 aliphatic rings. The first-order chi connectivity index (χ1) is 10.2. The highest BCUT2D eigenvalue weighted by atomic mass is 32.2. The van der Waals surface area contributed by atoms with E-state index in [0.717, 1.165) is 36.6 Å². The van der Waals surface area contributed by atoms with Gasteiger partial charge in [0.15, 0.2) is 0 Å². The summed E-state index contributed by atoms with van der Waals surface area (Å²) in [7, 11) is -0.940. The topological polar surface area (TPSA) is 42.2 Å². The van der Waals surface area contributed by atoms with E-state index < -0.39 is 10.8 Å². The molecule has 2 aromatic rings. The molecule has 114 valence electrons. The smallest absolute Gasteiger partial charge is 0.118 e. The number of nitrogens with one attached hydrogen (secondary N) is 1. The maximum atomic E-state index is 12.2. The van der Waals surface area contributed by atoms with Gasteiger partial charge in [-0.2, -0.15) is 0 Å². The van der Waals surface area contributed by atoms with Crippen LogP contribution in [-0.2, 0) is 28.9 Å². The largest absolute Gasteiger partial charge is 0.464 e. The Morgan fingerprint density at radius 3 is 2.62 bits per heavy atom. The molecule has 0 amide bonds. The minimum absolute atomic E-state index is 0.474. The molecule has 0 bridgehead atoms. The number of furan rings is 1. The van der Waals surface area contributed by atoms with Crippen molar-refractivity contribution in [1.82, 2.24) is 5.32 Å². The highest BCUT2D eigenvalue weighted by Crippen LogP contribution is 2.14. The Morgan fingerprint density at radius 1 is 1.10 bits per heavy atom. The van der Waals surface area contributed by atoms with Crippen LogP contribution in [0, 0.1) is 6.92 Å². The van der Waals surface area contributed by atoms with Gasteiger partial charge >= 0.3 is 0 Å². The van der Waals surface area contributed by atoms with Crippen molar-refractivity contribution < 1.29 is 8.63 Å². The van der Waals surface area contributed by atoms with Gasteiger partial charge < -0.3 is 9.73 Å². The first-order valence-corrected chi connectivity index (χ1v) is 8.85. The Morgan fingerprint density at radius 2 is 1.86 bits per heavy atom. The summed E-state index contributed by atoms with van der Waals surface area (Å²) in [6.45, 7) is 5.90. The summed E-state index contributed by atoms with van der Waals surface area (Å²) in [5.74, 6) is 2.76. The minimum Gasteiger partial charge on any atom is -0.464 e. The fourth-order valence-corrected chi connectivity index (χ4v) is 3.38. The summed E-state index contributed by atoms with van der Waals surface area (Å²) < 4.78 is 18.0. The summed E-state index contributed by atoms with van der Waals surface area (Å²) in [4.78, 5) is 0. The molecular weight excluding hydrogens is 282 g/mol. The molecule has 4 heteroatoms. The van der Waals surface area contributed by atoms with E-state index in [-0.39, 0.29) is 0 Å². The van der Waals surface area contributed by atoms with E-state index in [9.17, 15) is 4.21 Å².